The molecular formula is C18H22O5. The Hall–Kier alpha value is -2.43. The first-order chi connectivity index (χ1) is 10.9. The largest absolute Gasteiger partial charge is 0.507 e. The Labute approximate surface area is 136 Å². The van der Waals surface area contributed by atoms with Crippen LogP contribution in [0.3, 0.4) is 0 Å². The van der Waals surface area contributed by atoms with E-state index >= 15 is 0 Å². The summed E-state index contributed by atoms with van der Waals surface area (Å²) in [4.78, 5) is 11.4. The zero-order valence-corrected chi connectivity index (χ0v) is 13.8. The molecule has 23 heavy (non-hydrogen) atoms. The van der Waals surface area contributed by atoms with E-state index in [1.807, 2.05) is 26.0 Å². The molecule has 0 fully saturated rings. The lowest BCUT2D eigenvalue weighted by Crippen LogP contribution is -2.40. The number of allylic oxidation sites excluding steroid dienone is 2. The van der Waals surface area contributed by atoms with Crippen molar-refractivity contribution < 1.29 is 24.1 Å². The number of carboxylic acid groups (broad SMARTS) is 1. The van der Waals surface area contributed by atoms with Crippen LogP contribution in [0.4, 0.5) is 4.79 Å². The smallest absolute Gasteiger partial charge is 0.497 e. The highest BCUT2D eigenvalue weighted by Crippen LogP contribution is 2.44. The van der Waals surface area contributed by atoms with E-state index in [-0.39, 0.29) is 11.8 Å². The average molecular weight is 318 g/mol. The van der Waals surface area contributed by atoms with E-state index in [2.05, 4.69) is 0 Å². The van der Waals surface area contributed by atoms with Crippen LogP contribution in [-0.2, 0) is 10.3 Å². The predicted octanol–water partition coefficient (Wildman–Crippen LogP) is 3.99. The highest BCUT2D eigenvalue weighted by Gasteiger charge is 2.44. The maximum Gasteiger partial charge on any atom is 0.507 e. The van der Waals surface area contributed by atoms with Crippen molar-refractivity contribution in [2.75, 3.05) is 14.2 Å². The molecule has 0 saturated carbocycles. The summed E-state index contributed by atoms with van der Waals surface area (Å²) in [5.41, 5.74) is -0.438. The molecule has 1 aliphatic carbocycles. The minimum atomic E-state index is -1.32. The zero-order valence-electron chi connectivity index (χ0n) is 13.8. The van der Waals surface area contributed by atoms with Crippen LogP contribution < -0.4 is 9.47 Å². The summed E-state index contributed by atoms with van der Waals surface area (Å²) in [6.45, 7) is 4.07. The number of carbonyl (C=O) groups is 1. The second kappa shape index (κ2) is 6.77. The molecule has 0 unspecified atom stereocenters. The molecule has 1 aromatic carbocycles. The third kappa shape index (κ3) is 3.33. The summed E-state index contributed by atoms with van der Waals surface area (Å²) in [6, 6.07) is 5.30. The van der Waals surface area contributed by atoms with E-state index in [1.54, 1.807) is 44.6 Å². The summed E-state index contributed by atoms with van der Waals surface area (Å²) in [6.07, 6.45) is 6.14. The Morgan fingerprint density at radius 1 is 1.13 bits per heavy atom. The fraction of sp³-hybridized carbons (Fsp3) is 0.389. The highest BCUT2D eigenvalue weighted by atomic mass is 16.7. The van der Waals surface area contributed by atoms with Crippen molar-refractivity contribution in [2.45, 2.75) is 19.4 Å². The van der Waals surface area contributed by atoms with Crippen LogP contribution in [0.5, 0.6) is 11.5 Å². The van der Waals surface area contributed by atoms with E-state index in [0.29, 0.717) is 17.1 Å². The summed E-state index contributed by atoms with van der Waals surface area (Å²) >= 11 is 0. The van der Waals surface area contributed by atoms with Gasteiger partial charge < -0.3 is 19.3 Å². The molecule has 5 heteroatoms. The van der Waals surface area contributed by atoms with Crippen molar-refractivity contribution >= 4 is 6.16 Å². The molecule has 124 valence electrons. The predicted molar refractivity (Wildman–Crippen MR) is 86.9 cm³/mol. The molecule has 1 aliphatic rings. The van der Waals surface area contributed by atoms with Crippen molar-refractivity contribution in [1.82, 2.24) is 0 Å². The van der Waals surface area contributed by atoms with Crippen molar-refractivity contribution in [3.05, 3.63) is 48.1 Å². The topological polar surface area (TPSA) is 65.0 Å². The normalized spacial score (nSPS) is 22.9. The van der Waals surface area contributed by atoms with Crippen LogP contribution in [0.1, 0.15) is 19.4 Å². The average Bonchev–Trinajstić information content (AvgIpc) is 2.53. The molecule has 2 atom stereocenters. The molecule has 0 heterocycles. The molecule has 2 rings (SSSR count). The molecule has 0 bridgehead atoms. The van der Waals surface area contributed by atoms with E-state index in [9.17, 15) is 9.90 Å². The van der Waals surface area contributed by atoms with Crippen molar-refractivity contribution in [1.29, 1.82) is 0 Å². The summed E-state index contributed by atoms with van der Waals surface area (Å²) < 4.78 is 16.0. The third-order valence-corrected chi connectivity index (χ3v) is 4.05. The summed E-state index contributed by atoms with van der Waals surface area (Å²) in [5, 5.41) is 9.30. The van der Waals surface area contributed by atoms with E-state index < -0.39 is 11.8 Å². The van der Waals surface area contributed by atoms with E-state index in [1.165, 1.54) is 0 Å². The fourth-order valence-corrected chi connectivity index (χ4v) is 2.98. The van der Waals surface area contributed by atoms with Gasteiger partial charge in [-0.1, -0.05) is 32.1 Å². The Bertz CT molecular complexity index is 610. The molecule has 0 amide bonds. The van der Waals surface area contributed by atoms with Gasteiger partial charge in [-0.15, -0.1) is 0 Å². The van der Waals surface area contributed by atoms with Gasteiger partial charge in [0.2, 0.25) is 0 Å². The number of rotatable bonds is 5. The second-order valence-electron chi connectivity index (χ2n) is 5.78. The van der Waals surface area contributed by atoms with Crippen LogP contribution in [-0.4, -0.2) is 25.5 Å². The molecular weight excluding hydrogens is 296 g/mol. The number of ether oxygens (including phenoxy) is 3. The van der Waals surface area contributed by atoms with Crippen molar-refractivity contribution in [3.8, 4) is 11.5 Å². The van der Waals surface area contributed by atoms with Crippen molar-refractivity contribution in [2.24, 2.45) is 11.8 Å². The zero-order chi connectivity index (χ0) is 17.0. The lowest BCUT2D eigenvalue weighted by molar-refractivity contribution is -0.0288. The Morgan fingerprint density at radius 3 is 2.22 bits per heavy atom. The quantitative estimate of drug-likeness (QED) is 0.832. The molecule has 0 aromatic heterocycles. The lowest BCUT2D eigenvalue weighted by atomic mass is 9.73. The van der Waals surface area contributed by atoms with Crippen LogP contribution in [0.25, 0.3) is 0 Å². The number of methoxy groups -OCH3 is 2. The molecule has 0 aliphatic heterocycles. The number of hydrogen-bond donors (Lipinski definition) is 1. The van der Waals surface area contributed by atoms with Gasteiger partial charge in [-0.2, -0.15) is 0 Å². The second-order valence-corrected chi connectivity index (χ2v) is 5.78. The first-order valence-electron chi connectivity index (χ1n) is 7.44. The SMILES string of the molecule is COc1cc(OC)cc([C@@]2(OC(=O)O)C=CC=C[C@@H]2C(C)C)c1. The van der Waals surface area contributed by atoms with Crippen LogP contribution >= 0.6 is 0 Å². The van der Waals surface area contributed by atoms with Gasteiger partial charge >= 0.3 is 6.16 Å². The Kier molecular flexibility index (Phi) is 4.98. The standard InChI is InChI=1S/C18H22O5/c1-12(2)16-7-5-6-8-18(16,23-17(19)20)13-9-14(21-3)11-15(10-13)22-4/h5-12,16H,1-4H3,(H,19,20)/t16-,18+/m1/s1. The summed E-state index contributed by atoms with van der Waals surface area (Å²) in [7, 11) is 3.11. The molecule has 1 N–H and O–H groups in total. The van der Waals surface area contributed by atoms with Gasteiger partial charge in [0.05, 0.1) is 14.2 Å². The molecule has 0 saturated heterocycles. The van der Waals surface area contributed by atoms with Gasteiger partial charge in [0.1, 0.15) is 11.5 Å². The van der Waals surface area contributed by atoms with Crippen LogP contribution in [0, 0.1) is 11.8 Å². The van der Waals surface area contributed by atoms with Gasteiger partial charge in [0.25, 0.3) is 0 Å². The number of benzene rings is 1. The van der Waals surface area contributed by atoms with Crippen molar-refractivity contribution in [3.63, 3.8) is 0 Å². The van der Waals surface area contributed by atoms with E-state index in [4.69, 9.17) is 14.2 Å². The lowest BCUT2D eigenvalue weighted by Gasteiger charge is -2.39. The maximum absolute atomic E-state index is 11.4. The molecule has 5 nitrogen and oxygen atoms in total. The molecule has 0 radical (unpaired) electrons. The monoisotopic (exact) mass is 318 g/mol. The van der Waals surface area contributed by atoms with Gasteiger partial charge in [-0.25, -0.2) is 4.79 Å². The Morgan fingerprint density at radius 2 is 1.74 bits per heavy atom. The minimum Gasteiger partial charge on any atom is -0.497 e. The first kappa shape index (κ1) is 16.9. The Balaban J connectivity index is 2.65. The summed E-state index contributed by atoms with van der Waals surface area (Å²) in [5.74, 6) is 1.20. The van der Waals surface area contributed by atoms with E-state index in [0.717, 1.165) is 0 Å². The van der Waals surface area contributed by atoms with Gasteiger partial charge in [-0.3, -0.25) is 0 Å². The first-order valence-corrected chi connectivity index (χ1v) is 7.44. The number of hydrogen-bond acceptors (Lipinski definition) is 4. The minimum absolute atomic E-state index is 0.139. The van der Waals surface area contributed by atoms with Crippen LogP contribution in [0.15, 0.2) is 42.5 Å². The maximum atomic E-state index is 11.4. The molecule has 0 spiro atoms. The fourth-order valence-electron chi connectivity index (χ4n) is 2.98. The van der Waals surface area contributed by atoms with Gasteiger partial charge in [0, 0.05) is 17.5 Å². The van der Waals surface area contributed by atoms with Gasteiger partial charge in [-0.05, 0) is 24.1 Å². The highest BCUT2D eigenvalue weighted by molar-refractivity contribution is 5.60. The van der Waals surface area contributed by atoms with Crippen LogP contribution in [0.2, 0.25) is 0 Å². The third-order valence-electron chi connectivity index (χ3n) is 4.05. The molecule has 1 aromatic rings. The van der Waals surface area contributed by atoms with Gasteiger partial charge in [0.15, 0.2) is 5.60 Å².